The molecule has 6 nitrogen and oxygen atoms in total. The second kappa shape index (κ2) is 10.5. The van der Waals surface area contributed by atoms with Gasteiger partial charge in [-0.05, 0) is 83.5 Å². The first-order valence-electron chi connectivity index (χ1n) is 13.2. The van der Waals surface area contributed by atoms with Crippen molar-refractivity contribution in [3.63, 3.8) is 0 Å². The number of carbonyl (C=O) groups is 1. The summed E-state index contributed by atoms with van der Waals surface area (Å²) in [6, 6.07) is 26.3. The van der Waals surface area contributed by atoms with Crippen molar-refractivity contribution in [2.45, 2.75) is 18.9 Å². The van der Waals surface area contributed by atoms with E-state index < -0.39 is 5.97 Å². The van der Waals surface area contributed by atoms with Crippen LogP contribution in [-0.2, 0) is 6.42 Å². The molecule has 3 heterocycles. The molecule has 0 fully saturated rings. The van der Waals surface area contributed by atoms with Gasteiger partial charge in [0.1, 0.15) is 11.5 Å². The highest BCUT2D eigenvalue weighted by Gasteiger charge is 2.33. The maximum atomic E-state index is 13.8. The van der Waals surface area contributed by atoms with Crippen molar-refractivity contribution < 1.29 is 14.3 Å². The van der Waals surface area contributed by atoms with Crippen LogP contribution in [-0.4, -0.2) is 17.6 Å². The van der Waals surface area contributed by atoms with Gasteiger partial charge in [0, 0.05) is 10.4 Å². The summed E-state index contributed by atoms with van der Waals surface area (Å²) in [6.07, 6.45) is 3.69. The van der Waals surface area contributed by atoms with Gasteiger partial charge in [0.25, 0.3) is 5.56 Å². The van der Waals surface area contributed by atoms with Gasteiger partial charge in [-0.2, -0.15) is 0 Å². The third-order valence-corrected chi connectivity index (χ3v) is 9.31. The largest absolute Gasteiger partial charge is 0.497 e. The number of fused-ring (bicyclic) bond motifs is 3. The van der Waals surface area contributed by atoms with Crippen molar-refractivity contribution in [1.82, 2.24) is 4.57 Å². The smallest absolute Gasteiger partial charge is 0.343 e. The zero-order valence-electron chi connectivity index (χ0n) is 22.1. The second-order valence-electron chi connectivity index (χ2n) is 9.82. The van der Waals surface area contributed by atoms with Crippen LogP contribution in [0.4, 0.5) is 0 Å². The number of esters is 1. The Morgan fingerprint density at radius 1 is 0.951 bits per heavy atom. The number of aromatic nitrogens is 1. The number of ether oxygens (including phenoxy) is 2. The Balaban J connectivity index is 1.23. The van der Waals surface area contributed by atoms with Crippen molar-refractivity contribution in [1.29, 1.82) is 0 Å². The molecule has 5 aromatic rings. The van der Waals surface area contributed by atoms with Gasteiger partial charge >= 0.3 is 5.97 Å². The van der Waals surface area contributed by atoms with Crippen LogP contribution in [0.25, 0.3) is 11.8 Å². The molecular weight excluding hydrogens is 553 g/mol. The van der Waals surface area contributed by atoms with E-state index in [2.05, 4.69) is 35.7 Å². The SMILES string of the molecule is COc1ccc(C(=O)Oc2ccc(/C=c3/sc4n(c3=O)[C@@H](c3cccs3)C3=C(N=4)c4ccccc4CC3)cc2)cc1. The van der Waals surface area contributed by atoms with Gasteiger partial charge in [-0.1, -0.05) is 53.8 Å². The van der Waals surface area contributed by atoms with Crippen LogP contribution in [0.15, 0.2) is 106 Å². The van der Waals surface area contributed by atoms with Gasteiger partial charge in [0.15, 0.2) is 4.80 Å². The maximum absolute atomic E-state index is 13.8. The molecule has 0 N–H and O–H groups in total. The summed E-state index contributed by atoms with van der Waals surface area (Å²) in [5, 5.41) is 2.06. The number of carbonyl (C=O) groups excluding carboxylic acids is 1. The first kappa shape index (κ1) is 25.4. The molecule has 2 aliphatic rings. The average molecular weight is 577 g/mol. The van der Waals surface area contributed by atoms with Crippen LogP contribution in [0, 0.1) is 0 Å². The summed E-state index contributed by atoms with van der Waals surface area (Å²) < 4.78 is 13.1. The highest BCUT2D eigenvalue weighted by molar-refractivity contribution is 7.10. The average Bonchev–Trinajstić information content (AvgIpc) is 3.65. The number of methoxy groups -OCH3 is 1. The molecule has 3 aromatic carbocycles. The van der Waals surface area contributed by atoms with Crippen LogP contribution in [0.5, 0.6) is 11.5 Å². The van der Waals surface area contributed by atoms with Gasteiger partial charge < -0.3 is 9.47 Å². The van der Waals surface area contributed by atoms with Gasteiger partial charge in [-0.3, -0.25) is 9.36 Å². The fraction of sp³-hybridized carbons (Fsp3) is 0.121. The number of allylic oxidation sites excluding steroid dienone is 1. The Morgan fingerprint density at radius 2 is 1.73 bits per heavy atom. The lowest BCUT2D eigenvalue weighted by molar-refractivity contribution is 0.0734. The molecule has 0 radical (unpaired) electrons. The van der Waals surface area contributed by atoms with Gasteiger partial charge in [-0.25, -0.2) is 9.79 Å². The summed E-state index contributed by atoms with van der Waals surface area (Å²) in [6.45, 7) is 0. The molecule has 202 valence electrons. The Kier molecular flexibility index (Phi) is 6.49. The fourth-order valence-corrected chi connectivity index (χ4v) is 7.24. The van der Waals surface area contributed by atoms with E-state index in [1.54, 1.807) is 54.8 Å². The van der Waals surface area contributed by atoms with E-state index in [9.17, 15) is 9.59 Å². The Labute approximate surface area is 243 Å². The van der Waals surface area contributed by atoms with Crippen LogP contribution in [0.2, 0.25) is 0 Å². The third-order valence-electron chi connectivity index (χ3n) is 7.40. The molecule has 0 saturated heterocycles. The standard InChI is InChI=1S/C33H24N2O4S2/c1-38-23-15-10-22(11-16-23)32(37)39-24-13-8-20(9-14-24)19-28-31(36)35-30(27-7-4-18-40-27)26-17-12-21-5-2-3-6-25(21)29(26)34-33(35)41-28/h2-11,13-16,18-19,30H,12,17H2,1H3/b28-19+/t30-/m1/s1. The Morgan fingerprint density at radius 3 is 2.49 bits per heavy atom. The number of hydrogen-bond donors (Lipinski definition) is 0. The van der Waals surface area contributed by atoms with Crippen molar-refractivity contribution in [3.8, 4) is 11.5 Å². The van der Waals surface area contributed by atoms with E-state index in [1.165, 1.54) is 22.5 Å². The van der Waals surface area contributed by atoms with E-state index in [0.29, 0.717) is 26.4 Å². The first-order valence-corrected chi connectivity index (χ1v) is 14.9. The Bertz CT molecular complexity index is 1980. The number of hydrogen-bond acceptors (Lipinski definition) is 7. The maximum Gasteiger partial charge on any atom is 0.343 e. The normalized spacial score (nSPS) is 15.9. The number of benzene rings is 3. The summed E-state index contributed by atoms with van der Waals surface area (Å²) >= 11 is 3.08. The van der Waals surface area contributed by atoms with Gasteiger partial charge in [0.2, 0.25) is 0 Å². The topological polar surface area (TPSA) is 69.9 Å². The number of thiazole rings is 1. The lowest BCUT2D eigenvalue weighted by Crippen LogP contribution is -2.38. The zero-order valence-corrected chi connectivity index (χ0v) is 23.7. The minimum Gasteiger partial charge on any atom is -0.497 e. The van der Waals surface area contributed by atoms with Crippen molar-refractivity contribution in [2.24, 2.45) is 4.99 Å². The predicted octanol–water partition coefficient (Wildman–Crippen LogP) is 5.61. The molecule has 0 spiro atoms. The number of nitrogens with zero attached hydrogens (tertiary/aromatic N) is 2. The summed E-state index contributed by atoms with van der Waals surface area (Å²) in [4.78, 5) is 33.3. The molecule has 0 amide bonds. The van der Waals surface area contributed by atoms with E-state index >= 15 is 0 Å². The van der Waals surface area contributed by atoms with Crippen LogP contribution >= 0.6 is 22.7 Å². The summed E-state index contributed by atoms with van der Waals surface area (Å²) in [7, 11) is 1.58. The molecule has 1 atom stereocenters. The quantitative estimate of drug-likeness (QED) is 0.202. The predicted molar refractivity (Wildman–Crippen MR) is 161 cm³/mol. The fourth-order valence-electron chi connectivity index (χ4n) is 5.39. The first-order chi connectivity index (χ1) is 20.1. The van der Waals surface area contributed by atoms with Crippen LogP contribution in [0.3, 0.4) is 0 Å². The van der Waals surface area contributed by atoms with Gasteiger partial charge in [-0.15, -0.1) is 11.3 Å². The molecule has 2 aromatic heterocycles. The molecule has 41 heavy (non-hydrogen) atoms. The minimum absolute atomic E-state index is 0.0485. The Hall–Kier alpha value is -4.53. The molecule has 7 rings (SSSR count). The molecule has 1 aliphatic carbocycles. The van der Waals surface area contributed by atoms with Gasteiger partial charge in [0.05, 0.1) is 28.9 Å². The molecule has 0 unspecified atom stereocenters. The van der Waals surface area contributed by atoms with Crippen molar-refractivity contribution in [2.75, 3.05) is 7.11 Å². The number of rotatable bonds is 5. The minimum atomic E-state index is -0.451. The summed E-state index contributed by atoms with van der Waals surface area (Å²) in [5.41, 5.74) is 5.88. The second-order valence-corrected chi connectivity index (χ2v) is 11.8. The third kappa shape index (κ3) is 4.65. The van der Waals surface area contributed by atoms with E-state index in [0.717, 1.165) is 34.5 Å². The highest BCUT2D eigenvalue weighted by atomic mass is 32.1. The lowest BCUT2D eigenvalue weighted by atomic mass is 9.85. The molecule has 1 aliphatic heterocycles. The highest BCUT2D eigenvalue weighted by Crippen LogP contribution is 2.42. The zero-order chi connectivity index (χ0) is 27.9. The van der Waals surface area contributed by atoms with E-state index in [-0.39, 0.29) is 11.6 Å². The van der Waals surface area contributed by atoms with Crippen LogP contribution < -0.4 is 24.4 Å². The molecular formula is C33H24N2O4S2. The molecule has 8 heteroatoms. The van der Waals surface area contributed by atoms with Crippen LogP contribution in [0.1, 0.15) is 44.4 Å². The van der Waals surface area contributed by atoms with E-state index in [4.69, 9.17) is 14.5 Å². The number of thiophene rings is 1. The van der Waals surface area contributed by atoms with E-state index in [1.807, 2.05) is 28.8 Å². The number of aryl methyl sites for hydroxylation is 1. The van der Waals surface area contributed by atoms with Crippen molar-refractivity contribution in [3.05, 3.63) is 143 Å². The monoisotopic (exact) mass is 576 g/mol. The lowest BCUT2D eigenvalue weighted by Gasteiger charge is -2.30. The molecule has 0 bridgehead atoms. The molecule has 0 saturated carbocycles. The summed E-state index contributed by atoms with van der Waals surface area (Å²) in [5.74, 6) is 0.643. The van der Waals surface area contributed by atoms with Crippen molar-refractivity contribution >= 4 is 40.4 Å².